The lowest BCUT2D eigenvalue weighted by molar-refractivity contribution is -0.0521. The molecule has 0 atom stereocenters. The highest BCUT2D eigenvalue weighted by molar-refractivity contribution is 5.68. The third-order valence-corrected chi connectivity index (χ3v) is 3.84. The number of nitrogen functional groups attached to an aromatic ring is 1. The van der Waals surface area contributed by atoms with Crippen molar-refractivity contribution in [2.24, 2.45) is 5.41 Å². The van der Waals surface area contributed by atoms with Gasteiger partial charge in [-0.2, -0.15) is 8.78 Å². The Morgan fingerprint density at radius 1 is 1.35 bits per heavy atom. The topological polar surface area (TPSA) is 47.3 Å². The van der Waals surface area contributed by atoms with Gasteiger partial charge in [0.1, 0.15) is 0 Å². The number of nitrogens with two attached hydrogens (primary N) is 1. The van der Waals surface area contributed by atoms with Gasteiger partial charge in [0.15, 0.2) is 11.6 Å². The molecule has 6 heteroatoms. The van der Waals surface area contributed by atoms with E-state index in [1.54, 1.807) is 0 Å². The summed E-state index contributed by atoms with van der Waals surface area (Å²) in [6, 6.07) is 2.19. The third kappa shape index (κ3) is 3.49. The van der Waals surface area contributed by atoms with Crippen LogP contribution >= 0.6 is 0 Å². The van der Waals surface area contributed by atoms with Crippen molar-refractivity contribution >= 4 is 11.4 Å². The average Bonchev–Trinajstić information content (AvgIpc) is 2.78. The van der Waals surface area contributed by atoms with Crippen LogP contribution in [-0.4, -0.2) is 13.2 Å². The number of rotatable bonds is 5. The van der Waals surface area contributed by atoms with Gasteiger partial charge in [0.25, 0.3) is 0 Å². The highest BCUT2D eigenvalue weighted by Crippen LogP contribution is 2.38. The van der Waals surface area contributed by atoms with Crippen LogP contribution in [0, 0.1) is 11.2 Å². The van der Waals surface area contributed by atoms with Crippen LogP contribution in [0.2, 0.25) is 0 Å². The Kier molecular flexibility index (Phi) is 4.30. The van der Waals surface area contributed by atoms with E-state index < -0.39 is 18.2 Å². The van der Waals surface area contributed by atoms with Crippen LogP contribution in [0.15, 0.2) is 12.1 Å². The molecule has 0 aromatic heterocycles. The van der Waals surface area contributed by atoms with Gasteiger partial charge in [0, 0.05) is 18.7 Å². The first-order chi connectivity index (χ1) is 9.39. The molecule has 1 aromatic carbocycles. The molecule has 1 saturated carbocycles. The molecule has 1 aliphatic carbocycles. The molecule has 0 aliphatic heterocycles. The summed E-state index contributed by atoms with van der Waals surface area (Å²) in [6.07, 6.45) is 4.61. The predicted molar refractivity (Wildman–Crippen MR) is 72.5 cm³/mol. The Bertz CT molecular complexity index is 474. The minimum Gasteiger partial charge on any atom is -0.432 e. The zero-order chi connectivity index (χ0) is 14.8. The lowest BCUT2D eigenvalue weighted by Crippen LogP contribution is -2.23. The zero-order valence-electron chi connectivity index (χ0n) is 11.4. The van der Waals surface area contributed by atoms with Crippen molar-refractivity contribution in [2.75, 3.05) is 17.6 Å². The number of hydrogen-bond acceptors (Lipinski definition) is 3. The van der Waals surface area contributed by atoms with Gasteiger partial charge in [-0.1, -0.05) is 19.8 Å². The van der Waals surface area contributed by atoms with Crippen molar-refractivity contribution in [1.82, 2.24) is 0 Å². The van der Waals surface area contributed by atoms with Crippen LogP contribution in [0.5, 0.6) is 5.75 Å². The summed E-state index contributed by atoms with van der Waals surface area (Å²) in [4.78, 5) is 0. The smallest absolute Gasteiger partial charge is 0.387 e. The molecule has 0 heterocycles. The summed E-state index contributed by atoms with van der Waals surface area (Å²) in [5, 5.41) is 3.12. The number of hydrogen-bond donors (Lipinski definition) is 2. The molecular weight excluding hydrogens is 269 g/mol. The molecule has 1 aromatic rings. The molecule has 3 N–H and O–H groups in total. The minimum atomic E-state index is -3.06. The first kappa shape index (κ1) is 14.8. The molecule has 2 rings (SSSR count). The Labute approximate surface area is 116 Å². The van der Waals surface area contributed by atoms with Gasteiger partial charge >= 0.3 is 6.61 Å². The largest absolute Gasteiger partial charge is 0.432 e. The second-order valence-corrected chi connectivity index (χ2v) is 5.62. The second-order valence-electron chi connectivity index (χ2n) is 5.62. The van der Waals surface area contributed by atoms with Gasteiger partial charge in [-0.05, 0) is 18.3 Å². The Balaban J connectivity index is 2.10. The van der Waals surface area contributed by atoms with Crippen molar-refractivity contribution in [2.45, 2.75) is 39.2 Å². The predicted octanol–water partition coefficient (Wildman–Crippen LogP) is 4.00. The molecule has 0 amide bonds. The molecule has 0 unspecified atom stereocenters. The van der Waals surface area contributed by atoms with Gasteiger partial charge in [0.05, 0.1) is 11.4 Å². The molecule has 3 nitrogen and oxygen atoms in total. The number of anilines is 2. The van der Waals surface area contributed by atoms with Crippen molar-refractivity contribution in [1.29, 1.82) is 0 Å². The molecule has 1 fully saturated rings. The van der Waals surface area contributed by atoms with Crippen LogP contribution < -0.4 is 15.8 Å². The van der Waals surface area contributed by atoms with E-state index in [9.17, 15) is 13.2 Å². The Hall–Kier alpha value is -1.59. The van der Waals surface area contributed by atoms with Crippen molar-refractivity contribution in [3.8, 4) is 5.75 Å². The van der Waals surface area contributed by atoms with E-state index in [2.05, 4.69) is 17.0 Å². The van der Waals surface area contributed by atoms with Gasteiger partial charge in [0.2, 0.25) is 0 Å². The molecule has 0 radical (unpaired) electrons. The lowest BCUT2D eigenvalue weighted by atomic mass is 9.89. The van der Waals surface area contributed by atoms with Gasteiger partial charge in [-0.3, -0.25) is 0 Å². The minimum absolute atomic E-state index is 0.171. The number of ether oxygens (including phenoxy) is 1. The van der Waals surface area contributed by atoms with Crippen molar-refractivity contribution in [3.63, 3.8) is 0 Å². The normalized spacial score (nSPS) is 17.4. The summed E-state index contributed by atoms with van der Waals surface area (Å²) < 4.78 is 41.9. The van der Waals surface area contributed by atoms with Crippen LogP contribution in [0.25, 0.3) is 0 Å². The fraction of sp³-hybridized carbons (Fsp3) is 0.571. The summed E-state index contributed by atoms with van der Waals surface area (Å²) in [7, 11) is 0. The first-order valence-electron chi connectivity index (χ1n) is 6.67. The zero-order valence-corrected chi connectivity index (χ0v) is 11.4. The summed E-state index contributed by atoms with van der Waals surface area (Å²) in [5.74, 6) is -1.38. The molecule has 0 spiro atoms. The van der Waals surface area contributed by atoms with Crippen LogP contribution in [0.3, 0.4) is 0 Å². The fourth-order valence-electron chi connectivity index (χ4n) is 2.62. The third-order valence-electron chi connectivity index (χ3n) is 3.84. The van der Waals surface area contributed by atoms with Crippen LogP contribution in [0.1, 0.15) is 32.6 Å². The van der Waals surface area contributed by atoms with E-state index >= 15 is 0 Å². The average molecular weight is 288 g/mol. The number of nitrogens with one attached hydrogen (secondary N) is 1. The molecule has 1 aliphatic rings. The Morgan fingerprint density at radius 3 is 2.60 bits per heavy atom. The number of halogens is 3. The number of benzene rings is 1. The van der Waals surface area contributed by atoms with Gasteiger partial charge in [-0.15, -0.1) is 0 Å². The molecule has 0 saturated heterocycles. The van der Waals surface area contributed by atoms with Crippen LogP contribution in [0.4, 0.5) is 24.5 Å². The summed E-state index contributed by atoms with van der Waals surface area (Å²) in [5.41, 5.74) is 6.49. The van der Waals surface area contributed by atoms with E-state index in [1.807, 2.05) is 0 Å². The van der Waals surface area contributed by atoms with E-state index in [4.69, 9.17) is 5.73 Å². The van der Waals surface area contributed by atoms with Crippen molar-refractivity contribution in [3.05, 3.63) is 17.9 Å². The molecule has 112 valence electrons. The maximum absolute atomic E-state index is 13.4. The number of alkyl halides is 2. The van der Waals surface area contributed by atoms with Gasteiger partial charge < -0.3 is 15.8 Å². The quantitative estimate of drug-likeness (QED) is 0.805. The fourth-order valence-corrected chi connectivity index (χ4v) is 2.62. The SMILES string of the molecule is CC1(CNc2cc(OC(F)F)c(F)cc2N)CCCC1. The van der Waals surface area contributed by atoms with Crippen molar-refractivity contribution < 1.29 is 17.9 Å². The molecule has 0 bridgehead atoms. The van der Waals surface area contributed by atoms with E-state index in [-0.39, 0.29) is 11.1 Å². The standard InChI is InChI=1S/C14H19F3N2O/c1-14(4-2-3-5-14)8-19-11-7-12(20-13(16)17)9(15)6-10(11)18/h6-7,13,19H,2-5,8,18H2,1H3. The first-order valence-corrected chi connectivity index (χ1v) is 6.67. The van der Waals surface area contributed by atoms with Gasteiger partial charge in [-0.25, -0.2) is 4.39 Å². The molecular formula is C14H19F3N2O. The van der Waals surface area contributed by atoms with E-state index in [1.165, 1.54) is 18.9 Å². The van der Waals surface area contributed by atoms with E-state index in [0.717, 1.165) is 18.9 Å². The highest BCUT2D eigenvalue weighted by Gasteiger charge is 2.28. The monoisotopic (exact) mass is 288 g/mol. The maximum Gasteiger partial charge on any atom is 0.387 e. The summed E-state index contributed by atoms with van der Waals surface area (Å²) in [6.45, 7) is -0.214. The van der Waals surface area contributed by atoms with Crippen LogP contribution in [-0.2, 0) is 0 Å². The summed E-state index contributed by atoms with van der Waals surface area (Å²) >= 11 is 0. The lowest BCUT2D eigenvalue weighted by Gasteiger charge is -2.25. The van der Waals surface area contributed by atoms with E-state index in [0.29, 0.717) is 12.2 Å². The molecule has 20 heavy (non-hydrogen) atoms. The second kappa shape index (κ2) is 5.81. The maximum atomic E-state index is 13.4. The Morgan fingerprint density at radius 2 is 2.00 bits per heavy atom. The highest BCUT2D eigenvalue weighted by atomic mass is 19.3.